The maximum atomic E-state index is 13.7. The van der Waals surface area contributed by atoms with Gasteiger partial charge >= 0.3 is 0 Å². The number of pyridine rings is 1. The Morgan fingerprint density at radius 1 is 1.11 bits per heavy atom. The van der Waals surface area contributed by atoms with Gasteiger partial charge in [0, 0.05) is 25.2 Å². The van der Waals surface area contributed by atoms with E-state index < -0.39 is 23.2 Å². The minimum absolute atomic E-state index is 0.203. The average Bonchev–Trinajstić information content (AvgIpc) is 2.99. The van der Waals surface area contributed by atoms with Gasteiger partial charge in [-0.2, -0.15) is 4.39 Å². The van der Waals surface area contributed by atoms with Gasteiger partial charge < -0.3 is 9.72 Å². The van der Waals surface area contributed by atoms with E-state index >= 15 is 0 Å². The van der Waals surface area contributed by atoms with Crippen molar-refractivity contribution in [2.45, 2.75) is 6.54 Å². The number of fused-ring (bicyclic) bond motifs is 2. The van der Waals surface area contributed by atoms with Gasteiger partial charge in [-0.05, 0) is 36.1 Å². The van der Waals surface area contributed by atoms with E-state index in [9.17, 15) is 13.2 Å². The highest BCUT2D eigenvalue weighted by Gasteiger charge is 2.55. The highest BCUT2D eigenvalue weighted by atomic mass is 19.2. The maximum Gasteiger partial charge on any atom is 0.203 e. The standard InChI is InChI=1S/C19H17F3N4O/c20-13-3-4-14(21)18(17(13)22)27-9-12-10-6-26(7-11(10)12)8-16-24-15-2-1-5-23-19(15)25-16/h1-5,10-12H,6-9H2,(H,23,24,25)/t10-,11+,12?. The second-order valence-electron chi connectivity index (χ2n) is 7.23. The van der Waals surface area contributed by atoms with Crippen molar-refractivity contribution in [1.29, 1.82) is 0 Å². The number of nitrogens with zero attached hydrogens (tertiary/aromatic N) is 3. The molecule has 1 aliphatic carbocycles. The monoisotopic (exact) mass is 374 g/mol. The minimum Gasteiger partial charge on any atom is -0.487 e. The number of halogens is 3. The Hall–Kier alpha value is -2.61. The van der Waals surface area contributed by atoms with Crippen LogP contribution in [-0.2, 0) is 6.54 Å². The molecule has 1 N–H and O–H groups in total. The van der Waals surface area contributed by atoms with Gasteiger partial charge in [-0.3, -0.25) is 4.90 Å². The van der Waals surface area contributed by atoms with Crippen LogP contribution in [0.25, 0.3) is 11.2 Å². The largest absolute Gasteiger partial charge is 0.487 e. The summed E-state index contributed by atoms with van der Waals surface area (Å²) in [5.74, 6) is -1.86. The second kappa shape index (κ2) is 6.23. The van der Waals surface area contributed by atoms with Gasteiger partial charge in [0.05, 0.1) is 18.7 Å². The third-order valence-corrected chi connectivity index (χ3v) is 5.55. The van der Waals surface area contributed by atoms with E-state index in [1.165, 1.54) is 0 Å². The van der Waals surface area contributed by atoms with Crippen LogP contribution in [0.15, 0.2) is 30.5 Å². The van der Waals surface area contributed by atoms with Gasteiger partial charge in [0.15, 0.2) is 23.0 Å². The van der Waals surface area contributed by atoms with Crippen LogP contribution in [-0.4, -0.2) is 39.5 Å². The van der Waals surface area contributed by atoms with Gasteiger partial charge in [0.2, 0.25) is 5.82 Å². The number of benzene rings is 1. The van der Waals surface area contributed by atoms with Crippen molar-refractivity contribution >= 4 is 11.2 Å². The number of hydrogen-bond donors (Lipinski definition) is 1. The Kier molecular flexibility index (Phi) is 3.82. The van der Waals surface area contributed by atoms with E-state index in [1.807, 2.05) is 12.1 Å². The average molecular weight is 374 g/mol. The number of nitrogens with one attached hydrogen (secondary N) is 1. The summed E-state index contributed by atoms with van der Waals surface area (Å²) in [6.45, 7) is 2.69. The molecule has 1 aromatic carbocycles. The number of rotatable bonds is 5. The number of imidazole rings is 1. The molecule has 0 amide bonds. The normalized spacial score (nSPS) is 24.3. The van der Waals surface area contributed by atoms with Gasteiger partial charge in [0.1, 0.15) is 5.82 Å². The summed E-state index contributed by atoms with van der Waals surface area (Å²) in [7, 11) is 0. The molecular formula is C19H17F3N4O. The third kappa shape index (κ3) is 2.93. The Bertz CT molecular complexity index is 963. The summed E-state index contributed by atoms with van der Waals surface area (Å²) >= 11 is 0. The highest BCUT2D eigenvalue weighted by Crippen LogP contribution is 2.52. The molecule has 1 unspecified atom stereocenters. The Morgan fingerprint density at radius 3 is 2.67 bits per heavy atom. The van der Waals surface area contributed by atoms with E-state index in [2.05, 4.69) is 19.9 Å². The van der Waals surface area contributed by atoms with Crippen LogP contribution in [0.5, 0.6) is 5.75 Å². The van der Waals surface area contributed by atoms with Crippen molar-refractivity contribution in [3.63, 3.8) is 0 Å². The Balaban J connectivity index is 1.16. The highest BCUT2D eigenvalue weighted by molar-refractivity contribution is 5.69. The molecule has 27 heavy (non-hydrogen) atoms. The van der Waals surface area contributed by atoms with Crippen LogP contribution in [0, 0.1) is 35.2 Å². The molecule has 5 rings (SSSR count). The summed E-state index contributed by atoms with van der Waals surface area (Å²) < 4.78 is 45.8. The predicted molar refractivity (Wildman–Crippen MR) is 91.4 cm³/mol. The predicted octanol–water partition coefficient (Wildman–Crippen LogP) is 3.13. The maximum absolute atomic E-state index is 13.7. The van der Waals surface area contributed by atoms with Crippen LogP contribution in [0.3, 0.4) is 0 Å². The molecule has 8 heteroatoms. The summed E-state index contributed by atoms with van der Waals surface area (Å²) in [6, 6.07) is 5.45. The van der Waals surface area contributed by atoms with E-state index in [1.54, 1.807) is 6.20 Å². The fourth-order valence-corrected chi connectivity index (χ4v) is 4.11. The third-order valence-electron chi connectivity index (χ3n) is 5.55. The fourth-order valence-electron chi connectivity index (χ4n) is 4.11. The number of likely N-dealkylation sites (tertiary alicyclic amines) is 1. The lowest BCUT2D eigenvalue weighted by Crippen LogP contribution is -2.26. The van der Waals surface area contributed by atoms with Gasteiger partial charge in [-0.15, -0.1) is 0 Å². The van der Waals surface area contributed by atoms with Crippen molar-refractivity contribution < 1.29 is 17.9 Å². The van der Waals surface area contributed by atoms with Crippen LogP contribution in [0.1, 0.15) is 5.82 Å². The topological polar surface area (TPSA) is 54.0 Å². The first-order valence-electron chi connectivity index (χ1n) is 8.88. The molecule has 0 bridgehead atoms. The molecule has 2 aliphatic rings. The first kappa shape index (κ1) is 16.6. The lowest BCUT2D eigenvalue weighted by molar-refractivity contribution is 0.215. The molecule has 3 heterocycles. The van der Waals surface area contributed by atoms with E-state index in [-0.39, 0.29) is 12.5 Å². The van der Waals surface area contributed by atoms with Gasteiger partial charge in [-0.25, -0.2) is 18.7 Å². The van der Waals surface area contributed by atoms with Gasteiger partial charge in [0.25, 0.3) is 0 Å². The van der Waals surface area contributed by atoms with E-state index in [0.29, 0.717) is 24.0 Å². The molecule has 0 radical (unpaired) electrons. The summed E-state index contributed by atoms with van der Waals surface area (Å²) in [6.07, 6.45) is 1.72. The van der Waals surface area contributed by atoms with E-state index in [0.717, 1.165) is 36.6 Å². The molecule has 140 valence electrons. The summed E-state index contributed by atoms with van der Waals surface area (Å²) in [4.78, 5) is 14.3. The van der Waals surface area contributed by atoms with Crippen molar-refractivity contribution in [3.8, 4) is 5.75 Å². The Labute approximate surface area is 153 Å². The molecule has 2 aromatic heterocycles. The number of piperidine rings is 1. The lowest BCUT2D eigenvalue weighted by Gasteiger charge is -2.18. The molecular weight excluding hydrogens is 357 g/mol. The second-order valence-corrected chi connectivity index (χ2v) is 7.23. The summed E-state index contributed by atoms with van der Waals surface area (Å²) in [5.41, 5.74) is 1.63. The van der Waals surface area contributed by atoms with E-state index in [4.69, 9.17) is 4.74 Å². The number of hydrogen-bond acceptors (Lipinski definition) is 4. The van der Waals surface area contributed by atoms with Gasteiger partial charge in [-0.1, -0.05) is 0 Å². The quantitative estimate of drug-likeness (QED) is 0.697. The van der Waals surface area contributed by atoms with Crippen LogP contribution in [0.2, 0.25) is 0 Å². The van der Waals surface area contributed by atoms with Crippen LogP contribution < -0.4 is 4.74 Å². The molecule has 5 nitrogen and oxygen atoms in total. The SMILES string of the molecule is Fc1ccc(F)c(OCC2[C@H]3CN(Cc4nc5ncccc5[nH]4)C[C@@H]23)c1F. The molecule has 2 fully saturated rings. The molecule has 1 aliphatic heterocycles. The molecule has 3 aromatic rings. The minimum atomic E-state index is -1.26. The van der Waals surface area contributed by atoms with Crippen molar-refractivity contribution in [3.05, 3.63) is 53.7 Å². The molecule has 0 spiro atoms. The van der Waals surface area contributed by atoms with Crippen molar-refractivity contribution in [1.82, 2.24) is 19.9 Å². The number of aromatic amines is 1. The molecule has 1 saturated heterocycles. The van der Waals surface area contributed by atoms with Crippen LogP contribution >= 0.6 is 0 Å². The molecule has 1 saturated carbocycles. The lowest BCUT2D eigenvalue weighted by atomic mass is 10.2. The molecule has 3 atom stereocenters. The van der Waals surface area contributed by atoms with Crippen LogP contribution in [0.4, 0.5) is 13.2 Å². The number of ether oxygens (including phenoxy) is 1. The smallest absolute Gasteiger partial charge is 0.203 e. The number of aromatic nitrogens is 3. The number of H-pyrrole nitrogens is 1. The zero-order valence-corrected chi connectivity index (χ0v) is 14.3. The fraction of sp³-hybridized carbons (Fsp3) is 0.368. The van der Waals surface area contributed by atoms with Crippen molar-refractivity contribution in [2.24, 2.45) is 17.8 Å². The zero-order chi connectivity index (χ0) is 18.5. The summed E-state index contributed by atoms with van der Waals surface area (Å²) in [5, 5.41) is 0. The first-order chi connectivity index (χ1) is 13.1. The zero-order valence-electron chi connectivity index (χ0n) is 14.3. The first-order valence-corrected chi connectivity index (χ1v) is 8.88. The Morgan fingerprint density at radius 2 is 1.89 bits per heavy atom. The van der Waals surface area contributed by atoms with Crippen molar-refractivity contribution in [2.75, 3.05) is 19.7 Å².